The van der Waals surface area contributed by atoms with Gasteiger partial charge in [-0.3, -0.25) is 0 Å². The first-order chi connectivity index (χ1) is 29.5. The number of nitrogens with zero attached hydrogens (tertiary/aromatic N) is 3. The molecule has 11 aromatic rings. The first kappa shape index (κ1) is 34.4. The summed E-state index contributed by atoms with van der Waals surface area (Å²) in [6.45, 7) is 4.62. The number of hydrogen-bond acceptors (Lipinski definition) is 3. The molecule has 0 saturated carbocycles. The van der Waals surface area contributed by atoms with E-state index in [0.29, 0.717) is 5.89 Å². The zero-order chi connectivity index (χ0) is 40.0. The highest BCUT2D eigenvalue weighted by Gasteiger charge is 2.37. The molecule has 0 radical (unpaired) electrons. The number of benzene rings is 9. The van der Waals surface area contributed by atoms with Gasteiger partial charge in [0.05, 0.1) is 22.4 Å². The van der Waals surface area contributed by atoms with Crippen LogP contribution in [0.4, 0.5) is 17.1 Å². The minimum Gasteiger partial charge on any atom is -0.434 e. The third-order valence-corrected chi connectivity index (χ3v) is 12.6. The van der Waals surface area contributed by atoms with E-state index in [0.717, 1.165) is 55.9 Å². The molecule has 1 aliphatic rings. The van der Waals surface area contributed by atoms with E-state index in [-0.39, 0.29) is 5.41 Å². The SMILES string of the molecule is CC1(C)c2ccccc2-c2c(-c3nc4cccc(N(c5cccc(-c6ccccc6)c5)c5cc6c7ccccc7n(-c7ccccc7)c6c6ccccc56)c4o3)cccc21. The zero-order valence-electron chi connectivity index (χ0n) is 33.3. The molecule has 0 bridgehead atoms. The molecule has 0 fully saturated rings. The molecule has 2 heterocycles. The Hall–Kier alpha value is -7.69. The lowest BCUT2D eigenvalue weighted by Crippen LogP contribution is -2.14. The highest BCUT2D eigenvalue weighted by molar-refractivity contribution is 6.23. The molecule has 0 N–H and O–H groups in total. The van der Waals surface area contributed by atoms with Gasteiger partial charge in [-0.05, 0) is 88.0 Å². The van der Waals surface area contributed by atoms with Crippen molar-refractivity contribution in [3.05, 3.63) is 211 Å². The van der Waals surface area contributed by atoms with E-state index in [2.05, 4.69) is 224 Å². The maximum absolute atomic E-state index is 7.11. The lowest BCUT2D eigenvalue weighted by atomic mass is 9.82. The number of hydrogen-bond donors (Lipinski definition) is 0. The van der Waals surface area contributed by atoms with Crippen LogP contribution in [0.5, 0.6) is 0 Å². The molecule has 60 heavy (non-hydrogen) atoms. The topological polar surface area (TPSA) is 34.2 Å². The van der Waals surface area contributed by atoms with Crippen LogP contribution in [0.25, 0.3) is 83.1 Å². The molecule has 12 rings (SSSR count). The number of para-hydroxylation sites is 3. The van der Waals surface area contributed by atoms with Gasteiger partial charge in [0.2, 0.25) is 5.89 Å². The average molecular weight is 770 g/mol. The Labute approximate surface area is 348 Å². The Morgan fingerprint density at radius 2 is 1.15 bits per heavy atom. The van der Waals surface area contributed by atoms with Gasteiger partial charge < -0.3 is 13.9 Å². The highest BCUT2D eigenvalue weighted by atomic mass is 16.3. The van der Waals surface area contributed by atoms with Gasteiger partial charge in [-0.15, -0.1) is 0 Å². The summed E-state index contributed by atoms with van der Waals surface area (Å²) in [5, 5.41) is 4.67. The van der Waals surface area contributed by atoms with Crippen LogP contribution in [0.3, 0.4) is 0 Å². The molecule has 4 nitrogen and oxygen atoms in total. The first-order valence-corrected chi connectivity index (χ1v) is 20.6. The third-order valence-electron chi connectivity index (χ3n) is 12.6. The maximum Gasteiger partial charge on any atom is 0.228 e. The van der Waals surface area contributed by atoms with Crippen molar-refractivity contribution in [2.24, 2.45) is 0 Å². The fraction of sp³-hybridized carbons (Fsp3) is 0.0536. The van der Waals surface area contributed by atoms with Gasteiger partial charge >= 0.3 is 0 Å². The standard InChI is InChI=1S/C56H39N3O/c1-56(2)46-29-13-11-27-43(46)52-44(28-16-30-47(52)56)55-57-48-31-17-33-50(54(48)60-55)58(39-23-15-20-37(34-39)36-18-5-3-6-19-36)51-35-45-41-25-12-14-32-49(41)59(38-21-7-4-8-22-38)53(45)42-26-10-9-24-40(42)51/h3-35H,1-2H3. The summed E-state index contributed by atoms with van der Waals surface area (Å²) in [6, 6.07) is 71.8. The fourth-order valence-corrected chi connectivity index (χ4v) is 9.86. The van der Waals surface area contributed by atoms with Crippen molar-refractivity contribution in [3.8, 4) is 39.4 Å². The molecule has 0 aliphatic heterocycles. The minimum atomic E-state index is -0.136. The van der Waals surface area contributed by atoms with Crippen LogP contribution >= 0.6 is 0 Å². The number of anilines is 3. The molecular formula is C56H39N3O. The number of oxazole rings is 1. The first-order valence-electron chi connectivity index (χ1n) is 20.6. The molecule has 0 unspecified atom stereocenters. The lowest BCUT2D eigenvalue weighted by molar-refractivity contribution is 0.620. The van der Waals surface area contributed by atoms with E-state index < -0.39 is 0 Å². The van der Waals surface area contributed by atoms with E-state index in [1.807, 2.05) is 0 Å². The van der Waals surface area contributed by atoms with Crippen molar-refractivity contribution in [3.63, 3.8) is 0 Å². The Balaban J connectivity index is 1.15. The molecule has 0 atom stereocenters. The van der Waals surface area contributed by atoms with E-state index >= 15 is 0 Å². The van der Waals surface area contributed by atoms with Crippen LogP contribution in [0.15, 0.2) is 205 Å². The van der Waals surface area contributed by atoms with E-state index in [1.165, 1.54) is 49.4 Å². The number of rotatable bonds is 6. The molecule has 1 aliphatic carbocycles. The van der Waals surface area contributed by atoms with Gasteiger partial charge in [-0.2, -0.15) is 0 Å². The van der Waals surface area contributed by atoms with Crippen molar-refractivity contribution < 1.29 is 4.42 Å². The van der Waals surface area contributed by atoms with E-state index in [1.54, 1.807) is 0 Å². The maximum atomic E-state index is 7.11. The second kappa shape index (κ2) is 13.2. The Morgan fingerprint density at radius 3 is 2.00 bits per heavy atom. The summed E-state index contributed by atoms with van der Waals surface area (Å²) in [5.74, 6) is 0.617. The summed E-state index contributed by atoms with van der Waals surface area (Å²) < 4.78 is 9.52. The molecule has 0 saturated heterocycles. The molecule has 0 spiro atoms. The summed E-state index contributed by atoms with van der Waals surface area (Å²) >= 11 is 0. The quantitative estimate of drug-likeness (QED) is 0.169. The smallest absolute Gasteiger partial charge is 0.228 e. The van der Waals surface area contributed by atoms with Crippen molar-refractivity contribution in [2.45, 2.75) is 19.3 Å². The summed E-state index contributed by atoms with van der Waals surface area (Å²) in [5.41, 5.74) is 16.2. The summed E-state index contributed by atoms with van der Waals surface area (Å²) in [4.78, 5) is 7.65. The van der Waals surface area contributed by atoms with Crippen LogP contribution < -0.4 is 4.90 Å². The van der Waals surface area contributed by atoms with Crippen LogP contribution in [-0.4, -0.2) is 9.55 Å². The Bertz CT molecular complexity index is 3470. The van der Waals surface area contributed by atoms with Crippen LogP contribution in [0.2, 0.25) is 0 Å². The molecule has 0 amide bonds. The predicted molar refractivity (Wildman–Crippen MR) is 249 cm³/mol. The largest absolute Gasteiger partial charge is 0.434 e. The molecule has 4 heteroatoms. The average Bonchev–Trinajstić information content (AvgIpc) is 3.96. The Kier molecular flexibility index (Phi) is 7.54. The Morgan fingerprint density at radius 1 is 0.500 bits per heavy atom. The molecular weight excluding hydrogens is 731 g/mol. The summed E-state index contributed by atoms with van der Waals surface area (Å²) in [7, 11) is 0. The van der Waals surface area contributed by atoms with Gasteiger partial charge in [0.15, 0.2) is 5.58 Å². The van der Waals surface area contributed by atoms with Gasteiger partial charge in [-0.1, -0.05) is 159 Å². The van der Waals surface area contributed by atoms with Crippen LogP contribution in [-0.2, 0) is 5.41 Å². The second-order valence-electron chi connectivity index (χ2n) is 16.3. The molecule has 2 aromatic heterocycles. The second-order valence-corrected chi connectivity index (χ2v) is 16.3. The minimum absolute atomic E-state index is 0.136. The predicted octanol–water partition coefficient (Wildman–Crippen LogP) is 15.2. The number of aromatic nitrogens is 2. The normalized spacial score (nSPS) is 13.0. The third kappa shape index (κ3) is 5.07. The summed E-state index contributed by atoms with van der Waals surface area (Å²) in [6.07, 6.45) is 0. The molecule has 284 valence electrons. The highest BCUT2D eigenvalue weighted by Crippen LogP contribution is 2.53. The monoisotopic (exact) mass is 769 g/mol. The van der Waals surface area contributed by atoms with Gasteiger partial charge in [-0.25, -0.2) is 4.98 Å². The van der Waals surface area contributed by atoms with Crippen LogP contribution in [0.1, 0.15) is 25.0 Å². The van der Waals surface area contributed by atoms with Crippen molar-refractivity contribution in [2.75, 3.05) is 4.90 Å². The van der Waals surface area contributed by atoms with Gasteiger partial charge in [0, 0.05) is 43.9 Å². The number of fused-ring (bicyclic) bond motifs is 9. The molecule has 9 aromatic carbocycles. The lowest BCUT2D eigenvalue weighted by Gasteiger charge is -2.28. The van der Waals surface area contributed by atoms with Crippen molar-refractivity contribution in [1.29, 1.82) is 0 Å². The van der Waals surface area contributed by atoms with Crippen molar-refractivity contribution in [1.82, 2.24) is 9.55 Å². The van der Waals surface area contributed by atoms with E-state index in [9.17, 15) is 0 Å². The fourth-order valence-electron chi connectivity index (χ4n) is 9.86. The van der Waals surface area contributed by atoms with Gasteiger partial charge in [0.25, 0.3) is 0 Å². The van der Waals surface area contributed by atoms with Gasteiger partial charge in [0.1, 0.15) is 5.52 Å². The van der Waals surface area contributed by atoms with Crippen LogP contribution in [0, 0.1) is 0 Å². The van der Waals surface area contributed by atoms with Crippen molar-refractivity contribution >= 4 is 60.7 Å². The van der Waals surface area contributed by atoms with E-state index in [4.69, 9.17) is 9.40 Å². The zero-order valence-corrected chi connectivity index (χ0v) is 33.3.